The molecule has 3 atom stereocenters. The number of anilines is 3. The molecule has 0 bridgehead atoms. The van der Waals surface area contributed by atoms with Crippen molar-refractivity contribution in [1.82, 2.24) is 4.57 Å². The third-order valence-corrected chi connectivity index (χ3v) is 6.58. The topological polar surface area (TPSA) is 92.6 Å². The molecule has 3 unspecified atom stereocenters. The second-order valence-electron chi connectivity index (χ2n) is 6.20. The second-order valence-corrected chi connectivity index (χ2v) is 8.85. The first-order valence-corrected chi connectivity index (χ1v) is 10.4. The maximum Gasteiger partial charge on any atom is 0.255 e. The molecule has 1 heterocycles. The lowest BCUT2D eigenvalue weighted by Crippen LogP contribution is -2.23. The minimum absolute atomic E-state index is 0.0121. The molecule has 1 aromatic heterocycles. The Morgan fingerprint density at radius 3 is 2.78 bits per heavy atom. The Morgan fingerprint density at radius 1 is 1.44 bits per heavy atom. The van der Waals surface area contributed by atoms with Gasteiger partial charge in [0.2, 0.25) is 0 Å². The van der Waals surface area contributed by atoms with Crippen molar-refractivity contribution in [3.05, 3.63) is 44.0 Å². The molecule has 1 aromatic carbocycles. The number of nitrogens with one attached hydrogen (secondary N) is 2. The van der Waals surface area contributed by atoms with Crippen molar-refractivity contribution in [2.45, 2.75) is 11.7 Å². The smallest absolute Gasteiger partial charge is 0.255 e. The number of halogens is 2. The van der Waals surface area contributed by atoms with Crippen LogP contribution in [0.4, 0.5) is 21.6 Å². The van der Waals surface area contributed by atoms with E-state index in [0.29, 0.717) is 12.1 Å². The number of ether oxygens (including phenoxy) is 1. The van der Waals surface area contributed by atoms with Gasteiger partial charge in [0, 0.05) is 23.3 Å². The Morgan fingerprint density at radius 2 is 2.19 bits per heavy atom. The molecule has 1 fully saturated rings. The predicted octanol–water partition coefficient (Wildman–Crippen LogP) is 2.34. The van der Waals surface area contributed by atoms with Crippen molar-refractivity contribution in [3.8, 4) is 5.75 Å². The molecule has 27 heavy (non-hydrogen) atoms. The fourth-order valence-corrected chi connectivity index (χ4v) is 4.51. The Balaban J connectivity index is 2.01. The summed E-state index contributed by atoms with van der Waals surface area (Å²) in [6.45, 7) is -0.0263. The summed E-state index contributed by atoms with van der Waals surface area (Å²) < 4.78 is 37.0. The number of aliphatic hydroxyl groups excluding tert-OH is 1. The van der Waals surface area contributed by atoms with Crippen LogP contribution in [0.3, 0.4) is 0 Å². The summed E-state index contributed by atoms with van der Waals surface area (Å²) in [4.78, 5) is 12.2. The number of hydrogen-bond donors (Lipinski definition) is 3. The third kappa shape index (κ3) is 4.27. The molecule has 146 valence electrons. The molecule has 0 spiro atoms. The number of nitrogens with zero attached hydrogens (tertiary/aromatic N) is 1. The molecule has 2 aromatic rings. The molecule has 0 aliphatic heterocycles. The summed E-state index contributed by atoms with van der Waals surface area (Å²) in [6, 6.07) is 5.92. The highest BCUT2D eigenvalue weighted by atomic mass is 127. The first kappa shape index (κ1) is 20.1. The highest BCUT2D eigenvalue weighted by Gasteiger charge is 2.42. The third-order valence-electron chi connectivity index (χ3n) is 4.38. The number of pyridine rings is 1. The van der Waals surface area contributed by atoms with Crippen LogP contribution in [0.2, 0.25) is 0 Å². The van der Waals surface area contributed by atoms with Gasteiger partial charge in [-0.25, -0.2) is 8.60 Å². The lowest BCUT2D eigenvalue weighted by atomic mass is 10.3. The quantitative estimate of drug-likeness (QED) is 0.501. The SMILES string of the molecule is COc1cc(=O)n(C)c(Nc2ccc(I)cc2F)c1NS(=O)C1CC1CO. The zero-order valence-electron chi connectivity index (χ0n) is 14.7. The lowest BCUT2D eigenvalue weighted by molar-refractivity contribution is 0.277. The van der Waals surface area contributed by atoms with E-state index in [9.17, 15) is 18.5 Å². The molecule has 0 amide bonds. The molecule has 0 saturated heterocycles. The minimum atomic E-state index is -1.49. The van der Waals surface area contributed by atoms with E-state index in [1.807, 2.05) is 22.6 Å². The van der Waals surface area contributed by atoms with Gasteiger partial charge in [0.25, 0.3) is 5.56 Å². The van der Waals surface area contributed by atoms with Gasteiger partial charge in [-0.05, 0) is 53.1 Å². The maximum absolute atomic E-state index is 14.3. The van der Waals surface area contributed by atoms with E-state index < -0.39 is 16.8 Å². The fourth-order valence-electron chi connectivity index (χ4n) is 2.65. The molecule has 1 aliphatic carbocycles. The van der Waals surface area contributed by atoms with E-state index in [-0.39, 0.29) is 40.6 Å². The van der Waals surface area contributed by atoms with E-state index in [4.69, 9.17) is 4.74 Å². The molecule has 0 radical (unpaired) electrons. The van der Waals surface area contributed by atoms with Gasteiger partial charge < -0.3 is 15.2 Å². The van der Waals surface area contributed by atoms with Crippen molar-refractivity contribution >= 4 is 50.8 Å². The van der Waals surface area contributed by atoms with Crippen LogP contribution in [0.1, 0.15) is 6.42 Å². The van der Waals surface area contributed by atoms with Crippen molar-refractivity contribution in [1.29, 1.82) is 0 Å². The average Bonchev–Trinajstić information content (AvgIpc) is 3.42. The monoisotopic (exact) mass is 507 g/mol. The van der Waals surface area contributed by atoms with Crippen LogP contribution in [0, 0.1) is 15.3 Å². The van der Waals surface area contributed by atoms with E-state index in [2.05, 4.69) is 10.0 Å². The number of hydrogen-bond acceptors (Lipinski definition) is 5. The number of methoxy groups -OCH3 is 1. The molecule has 1 saturated carbocycles. The predicted molar refractivity (Wildman–Crippen MR) is 111 cm³/mol. The van der Waals surface area contributed by atoms with Crippen LogP contribution in [-0.4, -0.2) is 32.8 Å². The standard InChI is InChI=1S/C17H19FIN3O4S/c1-22-15(24)7-13(26-2)16(21-27(25)14-5-9(14)8-23)17(22)20-12-4-3-10(19)6-11(12)18/h3-4,6-7,9,14,20-21,23H,5,8H2,1-2H3. The van der Waals surface area contributed by atoms with Gasteiger partial charge in [-0.1, -0.05) is 0 Å². The van der Waals surface area contributed by atoms with Gasteiger partial charge in [-0.2, -0.15) is 0 Å². The highest BCUT2D eigenvalue weighted by molar-refractivity contribution is 14.1. The number of aromatic nitrogens is 1. The lowest BCUT2D eigenvalue weighted by Gasteiger charge is -2.19. The highest BCUT2D eigenvalue weighted by Crippen LogP contribution is 2.39. The van der Waals surface area contributed by atoms with Crippen LogP contribution in [-0.2, 0) is 18.0 Å². The van der Waals surface area contributed by atoms with Crippen LogP contribution in [0.15, 0.2) is 29.1 Å². The Hall–Kier alpha value is -1.66. The van der Waals surface area contributed by atoms with Gasteiger partial charge in [-0.15, -0.1) is 0 Å². The van der Waals surface area contributed by atoms with Gasteiger partial charge in [0.05, 0.1) is 18.0 Å². The molecule has 1 aliphatic rings. The van der Waals surface area contributed by atoms with E-state index in [1.165, 1.54) is 30.9 Å². The summed E-state index contributed by atoms with van der Waals surface area (Å²) in [6.07, 6.45) is 0.651. The van der Waals surface area contributed by atoms with E-state index >= 15 is 0 Å². The Labute approximate surface area is 171 Å². The van der Waals surface area contributed by atoms with Crippen molar-refractivity contribution in [2.24, 2.45) is 13.0 Å². The van der Waals surface area contributed by atoms with Gasteiger partial charge in [-0.3, -0.25) is 14.1 Å². The zero-order chi connectivity index (χ0) is 19.7. The van der Waals surface area contributed by atoms with E-state index in [0.717, 1.165) is 3.57 Å². The number of aliphatic hydroxyl groups is 1. The fraction of sp³-hybridized carbons (Fsp3) is 0.353. The molecule has 10 heteroatoms. The van der Waals surface area contributed by atoms with Crippen molar-refractivity contribution in [3.63, 3.8) is 0 Å². The second kappa shape index (κ2) is 8.15. The van der Waals surface area contributed by atoms with E-state index in [1.54, 1.807) is 12.1 Å². The molecular formula is C17H19FIN3O4S. The summed E-state index contributed by atoms with van der Waals surface area (Å²) in [5.41, 5.74) is 0.0999. The number of benzene rings is 1. The molecule has 3 rings (SSSR count). The van der Waals surface area contributed by atoms with Crippen molar-refractivity contribution < 1.29 is 18.4 Å². The molecule has 3 N–H and O–H groups in total. The van der Waals surface area contributed by atoms with Gasteiger partial charge in [0.15, 0.2) is 5.75 Å². The van der Waals surface area contributed by atoms with Crippen LogP contribution in [0.5, 0.6) is 5.75 Å². The van der Waals surface area contributed by atoms with Gasteiger partial charge in [0.1, 0.15) is 28.3 Å². The zero-order valence-corrected chi connectivity index (χ0v) is 17.6. The summed E-state index contributed by atoms with van der Waals surface area (Å²) in [7, 11) is 1.43. The van der Waals surface area contributed by atoms with Crippen LogP contribution >= 0.6 is 22.6 Å². The first-order valence-electron chi connectivity index (χ1n) is 8.14. The maximum atomic E-state index is 14.3. The normalized spacial score (nSPS) is 19.4. The van der Waals surface area contributed by atoms with Crippen LogP contribution in [0.25, 0.3) is 0 Å². The molecular weight excluding hydrogens is 488 g/mol. The first-order chi connectivity index (χ1) is 12.8. The largest absolute Gasteiger partial charge is 0.494 e. The number of rotatable bonds is 7. The molecule has 7 nitrogen and oxygen atoms in total. The average molecular weight is 507 g/mol. The summed E-state index contributed by atoms with van der Waals surface area (Å²) in [5, 5.41) is 11.9. The minimum Gasteiger partial charge on any atom is -0.494 e. The van der Waals surface area contributed by atoms with Crippen LogP contribution < -0.4 is 20.3 Å². The summed E-state index contributed by atoms with van der Waals surface area (Å²) >= 11 is 2.00. The van der Waals surface area contributed by atoms with Crippen molar-refractivity contribution in [2.75, 3.05) is 23.8 Å². The summed E-state index contributed by atoms with van der Waals surface area (Å²) in [5.74, 6) is -0.0660. The Bertz CT molecular complexity index is 953. The Kier molecular flexibility index (Phi) is 6.06. The van der Waals surface area contributed by atoms with Gasteiger partial charge >= 0.3 is 0 Å².